The van der Waals surface area contributed by atoms with Crippen LogP contribution in [0.1, 0.15) is 13.3 Å². The summed E-state index contributed by atoms with van der Waals surface area (Å²) in [5, 5.41) is 10.5. The largest absolute Gasteiger partial charge is 0.497 e. The van der Waals surface area contributed by atoms with E-state index in [-0.39, 0.29) is 28.7 Å². The van der Waals surface area contributed by atoms with E-state index >= 15 is 0 Å². The van der Waals surface area contributed by atoms with Gasteiger partial charge in [-0.15, -0.1) is 10.2 Å². The minimum atomic E-state index is -3.03. The van der Waals surface area contributed by atoms with Crippen LogP contribution in [-0.4, -0.2) is 54.4 Å². The first-order chi connectivity index (χ1) is 12.4. The van der Waals surface area contributed by atoms with Crippen molar-refractivity contribution in [3.63, 3.8) is 0 Å². The van der Waals surface area contributed by atoms with E-state index in [1.807, 2.05) is 0 Å². The topological polar surface area (TPSA) is 111 Å². The lowest BCUT2D eigenvalue weighted by molar-refractivity contribution is -0.120. The average Bonchev–Trinajstić information content (AvgIpc) is 3.21. The molecule has 1 saturated heterocycles. The SMILES string of the molecule is COc1ccc(-c2nnc(S[C@@H](C)C(=O)N[C@H]3CCS(=O)(=O)C3)o2)cc1. The van der Waals surface area contributed by atoms with Gasteiger partial charge in [-0.05, 0) is 37.6 Å². The normalized spacial score (nSPS) is 19.8. The van der Waals surface area contributed by atoms with Crippen molar-refractivity contribution in [1.82, 2.24) is 15.5 Å². The Bertz CT molecular complexity index is 880. The van der Waals surface area contributed by atoms with Gasteiger partial charge in [-0.25, -0.2) is 8.42 Å². The van der Waals surface area contributed by atoms with E-state index in [9.17, 15) is 13.2 Å². The number of carbonyl (C=O) groups excluding carboxylic acids is 1. The predicted octanol–water partition coefficient (Wildman–Crippen LogP) is 1.53. The third kappa shape index (κ3) is 4.55. The number of thioether (sulfide) groups is 1. The molecule has 10 heteroatoms. The van der Waals surface area contributed by atoms with Crippen LogP contribution in [0.15, 0.2) is 33.9 Å². The van der Waals surface area contributed by atoms with Crippen molar-refractivity contribution in [2.75, 3.05) is 18.6 Å². The van der Waals surface area contributed by atoms with E-state index in [0.29, 0.717) is 12.3 Å². The van der Waals surface area contributed by atoms with Crippen LogP contribution in [0.4, 0.5) is 0 Å². The lowest BCUT2D eigenvalue weighted by Crippen LogP contribution is -2.39. The molecule has 3 rings (SSSR count). The molecule has 1 aromatic carbocycles. The van der Waals surface area contributed by atoms with Gasteiger partial charge in [0.25, 0.3) is 5.22 Å². The monoisotopic (exact) mass is 397 g/mol. The minimum Gasteiger partial charge on any atom is -0.497 e. The maximum absolute atomic E-state index is 12.2. The Morgan fingerprint density at radius 3 is 2.69 bits per heavy atom. The second-order valence-corrected chi connectivity index (χ2v) is 9.49. The van der Waals surface area contributed by atoms with Crippen LogP contribution in [0, 0.1) is 0 Å². The molecule has 0 spiro atoms. The van der Waals surface area contributed by atoms with Crippen LogP contribution in [0.2, 0.25) is 0 Å². The number of nitrogens with zero attached hydrogens (tertiary/aromatic N) is 2. The molecule has 1 fully saturated rings. The first-order valence-corrected chi connectivity index (χ1v) is 10.7. The molecule has 0 saturated carbocycles. The zero-order valence-corrected chi connectivity index (χ0v) is 16.0. The second kappa shape index (κ2) is 7.67. The van der Waals surface area contributed by atoms with Gasteiger partial charge in [0.2, 0.25) is 11.8 Å². The number of benzene rings is 1. The second-order valence-electron chi connectivity index (χ2n) is 5.97. The van der Waals surface area contributed by atoms with Gasteiger partial charge >= 0.3 is 0 Å². The molecule has 2 atom stereocenters. The van der Waals surface area contributed by atoms with Crippen LogP contribution in [0.5, 0.6) is 5.75 Å². The van der Waals surface area contributed by atoms with Crippen molar-refractivity contribution in [2.45, 2.75) is 29.9 Å². The molecule has 1 aliphatic rings. The number of sulfone groups is 1. The summed E-state index contributed by atoms with van der Waals surface area (Å²) in [5.41, 5.74) is 0.749. The summed E-state index contributed by atoms with van der Waals surface area (Å²) >= 11 is 1.13. The molecule has 0 unspecified atom stereocenters. The van der Waals surface area contributed by atoms with Crippen molar-refractivity contribution in [1.29, 1.82) is 0 Å². The lowest BCUT2D eigenvalue weighted by atomic mass is 10.2. The summed E-state index contributed by atoms with van der Waals surface area (Å²) in [6.45, 7) is 1.71. The number of amides is 1. The number of methoxy groups -OCH3 is 1. The highest BCUT2D eigenvalue weighted by molar-refractivity contribution is 8.00. The molecule has 2 aromatic rings. The van der Waals surface area contributed by atoms with E-state index in [1.165, 1.54) is 0 Å². The Kier molecular flexibility index (Phi) is 5.52. The number of hydrogen-bond donors (Lipinski definition) is 1. The molecule has 140 valence electrons. The third-order valence-electron chi connectivity index (χ3n) is 3.97. The van der Waals surface area contributed by atoms with Gasteiger partial charge in [-0.1, -0.05) is 11.8 Å². The molecule has 1 aromatic heterocycles. The number of hydrogen-bond acceptors (Lipinski definition) is 8. The van der Waals surface area contributed by atoms with Gasteiger partial charge in [0, 0.05) is 11.6 Å². The summed E-state index contributed by atoms with van der Waals surface area (Å²) < 4.78 is 33.6. The van der Waals surface area contributed by atoms with Crippen molar-refractivity contribution >= 4 is 27.5 Å². The number of carbonyl (C=O) groups is 1. The number of rotatable bonds is 6. The van der Waals surface area contributed by atoms with Crippen LogP contribution in [0.25, 0.3) is 11.5 Å². The summed E-state index contributed by atoms with van der Waals surface area (Å²) in [6, 6.07) is 6.86. The molecular weight excluding hydrogens is 378 g/mol. The highest BCUT2D eigenvalue weighted by Gasteiger charge is 2.30. The zero-order chi connectivity index (χ0) is 18.7. The van der Waals surface area contributed by atoms with Crippen LogP contribution >= 0.6 is 11.8 Å². The standard InChI is InChI=1S/C16H19N3O5S2/c1-10(14(20)17-12-7-8-26(21,22)9-12)25-16-19-18-15(24-16)11-3-5-13(23-2)6-4-11/h3-6,10,12H,7-9H2,1-2H3,(H,17,20)/t10-,12-/m0/s1. The number of aromatic nitrogens is 2. The Morgan fingerprint density at radius 1 is 1.35 bits per heavy atom. The molecule has 0 aliphatic carbocycles. The molecule has 26 heavy (non-hydrogen) atoms. The van der Waals surface area contributed by atoms with Crippen molar-refractivity contribution < 1.29 is 22.4 Å². The fourth-order valence-electron chi connectivity index (χ4n) is 2.54. The maximum Gasteiger partial charge on any atom is 0.277 e. The van der Waals surface area contributed by atoms with E-state index < -0.39 is 15.1 Å². The van der Waals surface area contributed by atoms with Gasteiger partial charge < -0.3 is 14.5 Å². The van der Waals surface area contributed by atoms with E-state index in [1.54, 1.807) is 38.3 Å². The molecule has 1 N–H and O–H groups in total. The summed E-state index contributed by atoms with van der Waals surface area (Å²) in [7, 11) is -1.44. The molecule has 8 nitrogen and oxygen atoms in total. The Balaban J connectivity index is 1.58. The molecule has 1 aliphatic heterocycles. The number of nitrogens with one attached hydrogen (secondary N) is 1. The van der Waals surface area contributed by atoms with E-state index in [0.717, 1.165) is 23.1 Å². The van der Waals surface area contributed by atoms with Crippen LogP contribution in [0.3, 0.4) is 0 Å². The average molecular weight is 397 g/mol. The minimum absolute atomic E-state index is 0.00168. The fraction of sp³-hybridized carbons (Fsp3) is 0.438. The Morgan fingerprint density at radius 2 is 2.08 bits per heavy atom. The van der Waals surface area contributed by atoms with E-state index in [4.69, 9.17) is 9.15 Å². The van der Waals surface area contributed by atoms with Gasteiger partial charge in [0.1, 0.15) is 5.75 Å². The lowest BCUT2D eigenvalue weighted by Gasteiger charge is -2.14. The first kappa shape index (κ1) is 18.7. The molecule has 1 amide bonds. The predicted molar refractivity (Wildman–Crippen MR) is 96.8 cm³/mol. The van der Waals surface area contributed by atoms with Crippen molar-refractivity contribution in [2.24, 2.45) is 0 Å². The zero-order valence-electron chi connectivity index (χ0n) is 14.3. The highest BCUT2D eigenvalue weighted by Crippen LogP contribution is 2.27. The number of ether oxygens (including phenoxy) is 1. The highest BCUT2D eigenvalue weighted by atomic mass is 32.2. The fourth-order valence-corrected chi connectivity index (χ4v) is 4.91. The quantitative estimate of drug-likeness (QED) is 0.731. The Hall–Kier alpha value is -2.07. The van der Waals surface area contributed by atoms with Gasteiger partial charge in [-0.3, -0.25) is 4.79 Å². The summed E-state index contributed by atoms with van der Waals surface area (Å²) in [6.07, 6.45) is 0.452. The summed E-state index contributed by atoms with van der Waals surface area (Å²) in [5.74, 6) is 0.945. The first-order valence-electron chi connectivity index (χ1n) is 8.02. The van der Waals surface area contributed by atoms with E-state index in [2.05, 4.69) is 15.5 Å². The van der Waals surface area contributed by atoms with Gasteiger partial charge in [0.05, 0.1) is 23.9 Å². The third-order valence-corrected chi connectivity index (χ3v) is 6.67. The molecular formula is C16H19N3O5S2. The summed E-state index contributed by atoms with van der Waals surface area (Å²) in [4.78, 5) is 12.2. The smallest absolute Gasteiger partial charge is 0.277 e. The maximum atomic E-state index is 12.2. The van der Waals surface area contributed by atoms with Gasteiger partial charge in [0.15, 0.2) is 9.84 Å². The Labute approximate surface area is 155 Å². The van der Waals surface area contributed by atoms with Crippen LogP contribution in [-0.2, 0) is 14.6 Å². The molecule has 0 bridgehead atoms. The molecule has 2 heterocycles. The molecule has 0 radical (unpaired) electrons. The van der Waals surface area contributed by atoms with Gasteiger partial charge in [-0.2, -0.15) is 0 Å². The van der Waals surface area contributed by atoms with Crippen LogP contribution < -0.4 is 10.1 Å². The van der Waals surface area contributed by atoms with Crippen molar-refractivity contribution in [3.05, 3.63) is 24.3 Å². The van der Waals surface area contributed by atoms with Crippen molar-refractivity contribution in [3.8, 4) is 17.2 Å².